The number of amides is 2. The van der Waals surface area contributed by atoms with Gasteiger partial charge < -0.3 is 9.64 Å². The Labute approximate surface area is 219 Å². The Balaban J connectivity index is 1.25. The van der Waals surface area contributed by atoms with Crippen LogP contribution in [-0.4, -0.2) is 62.6 Å². The number of carbonyl (C=O) groups is 1. The number of rotatable bonds is 5. The number of likely N-dealkylation sites (tertiary alicyclic amines) is 2. The molecule has 0 spiro atoms. The van der Waals surface area contributed by atoms with E-state index in [2.05, 4.69) is 9.62 Å². The first kappa shape index (κ1) is 26.3. The summed E-state index contributed by atoms with van der Waals surface area (Å²) < 4.78 is 47.0. The van der Waals surface area contributed by atoms with Crippen LogP contribution in [0.15, 0.2) is 41.3 Å². The van der Waals surface area contributed by atoms with Crippen LogP contribution in [-0.2, 0) is 10.0 Å². The highest BCUT2D eigenvalue weighted by atomic mass is 35.5. The van der Waals surface area contributed by atoms with Gasteiger partial charge in [-0.15, -0.1) is 0 Å². The van der Waals surface area contributed by atoms with Gasteiger partial charge in [-0.3, -0.25) is 4.90 Å². The van der Waals surface area contributed by atoms with Crippen LogP contribution in [0.5, 0.6) is 5.75 Å². The lowest BCUT2D eigenvalue weighted by molar-refractivity contribution is 0.0539. The molecule has 0 radical (unpaired) electrons. The second kappa shape index (κ2) is 11.1. The Morgan fingerprint density at radius 2 is 1.60 bits per heavy atom. The second-order valence-electron chi connectivity index (χ2n) is 8.59. The summed E-state index contributed by atoms with van der Waals surface area (Å²) >= 11 is 17.7. The molecule has 35 heavy (non-hydrogen) atoms. The zero-order valence-corrected chi connectivity index (χ0v) is 21.8. The third-order valence-electron chi connectivity index (χ3n) is 6.39. The first-order chi connectivity index (χ1) is 16.7. The maximum absolute atomic E-state index is 13.9. The molecule has 2 fully saturated rings. The number of benzene rings is 2. The van der Waals surface area contributed by atoms with Crippen molar-refractivity contribution in [3.63, 3.8) is 0 Å². The van der Waals surface area contributed by atoms with Crippen molar-refractivity contribution in [2.45, 2.75) is 42.7 Å². The van der Waals surface area contributed by atoms with Gasteiger partial charge in [-0.25, -0.2) is 22.3 Å². The minimum atomic E-state index is -4.05. The van der Waals surface area contributed by atoms with E-state index in [1.165, 1.54) is 23.1 Å². The molecule has 190 valence electrons. The fraction of sp³-hybridized carbons (Fsp3) is 0.435. The molecule has 1 N–H and O–H groups in total. The molecule has 2 aliphatic heterocycles. The molecule has 2 aromatic rings. The molecule has 2 amide bonds. The van der Waals surface area contributed by atoms with Gasteiger partial charge in [0, 0.05) is 32.2 Å². The highest BCUT2D eigenvalue weighted by molar-refractivity contribution is 7.90. The molecule has 0 saturated carbocycles. The highest BCUT2D eigenvalue weighted by Gasteiger charge is 2.32. The molecule has 2 heterocycles. The van der Waals surface area contributed by atoms with Gasteiger partial charge >= 0.3 is 6.03 Å². The fourth-order valence-electron chi connectivity index (χ4n) is 4.47. The molecular weight excluding hydrogens is 540 g/mol. The molecule has 0 atom stereocenters. The molecule has 2 saturated heterocycles. The third kappa shape index (κ3) is 6.14. The number of halogens is 4. The van der Waals surface area contributed by atoms with Crippen LogP contribution in [0.25, 0.3) is 0 Å². The van der Waals surface area contributed by atoms with Crippen LogP contribution >= 0.6 is 34.8 Å². The van der Waals surface area contributed by atoms with Crippen molar-refractivity contribution in [3.8, 4) is 5.75 Å². The van der Waals surface area contributed by atoms with E-state index >= 15 is 0 Å². The summed E-state index contributed by atoms with van der Waals surface area (Å²) in [7, 11) is -4.05. The van der Waals surface area contributed by atoms with Crippen LogP contribution < -0.4 is 9.46 Å². The van der Waals surface area contributed by atoms with Crippen molar-refractivity contribution in [1.29, 1.82) is 0 Å². The van der Waals surface area contributed by atoms with E-state index in [0.717, 1.165) is 38.8 Å². The van der Waals surface area contributed by atoms with Crippen molar-refractivity contribution in [1.82, 2.24) is 14.5 Å². The van der Waals surface area contributed by atoms with Gasteiger partial charge in [-0.2, -0.15) is 0 Å². The predicted octanol–water partition coefficient (Wildman–Crippen LogP) is 5.19. The topological polar surface area (TPSA) is 79.0 Å². The van der Waals surface area contributed by atoms with E-state index in [1.54, 1.807) is 18.2 Å². The van der Waals surface area contributed by atoms with Gasteiger partial charge in [-0.1, -0.05) is 46.9 Å². The normalized spacial score (nSPS) is 18.5. The van der Waals surface area contributed by atoms with E-state index in [4.69, 9.17) is 39.5 Å². The predicted molar refractivity (Wildman–Crippen MR) is 133 cm³/mol. The van der Waals surface area contributed by atoms with Gasteiger partial charge in [-0.05, 0) is 49.9 Å². The van der Waals surface area contributed by atoms with E-state index < -0.39 is 21.9 Å². The summed E-state index contributed by atoms with van der Waals surface area (Å²) in [6, 6.07) is 8.63. The Morgan fingerprint density at radius 3 is 2.26 bits per heavy atom. The van der Waals surface area contributed by atoms with Crippen molar-refractivity contribution < 1.29 is 22.3 Å². The van der Waals surface area contributed by atoms with E-state index in [0.29, 0.717) is 13.1 Å². The molecule has 0 aromatic heterocycles. The standard InChI is InChI=1S/C23H25Cl3FN3O4S/c24-17-3-1-2-4-20(17)35(32,33)28-23(31)30-11-7-15(8-12-30)29-13-9-16(10-14-29)34-19-6-5-18(25)22(27)21(19)26/h1-6,15-16H,7-14H2,(H,28,31). The zero-order valence-electron chi connectivity index (χ0n) is 18.7. The number of carbonyl (C=O) groups excluding carboxylic acids is 1. The van der Waals surface area contributed by atoms with Crippen molar-refractivity contribution in [2.24, 2.45) is 0 Å². The average molecular weight is 565 g/mol. The molecule has 0 aliphatic carbocycles. The maximum Gasteiger partial charge on any atom is 0.331 e. The summed E-state index contributed by atoms with van der Waals surface area (Å²) in [6.07, 6.45) is 2.91. The van der Waals surface area contributed by atoms with E-state index in [1.807, 2.05) is 0 Å². The minimum absolute atomic E-state index is 0.0429. The van der Waals surface area contributed by atoms with Crippen LogP contribution in [0, 0.1) is 5.82 Å². The Morgan fingerprint density at radius 1 is 0.943 bits per heavy atom. The van der Waals surface area contributed by atoms with E-state index in [-0.39, 0.29) is 37.9 Å². The summed E-state index contributed by atoms with van der Waals surface area (Å²) in [4.78, 5) is 16.3. The summed E-state index contributed by atoms with van der Waals surface area (Å²) in [5.74, 6) is -0.392. The molecule has 0 bridgehead atoms. The molecule has 4 rings (SSSR count). The highest BCUT2D eigenvalue weighted by Crippen LogP contribution is 2.34. The third-order valence-corrected chi connectivity index (χ3v) is 8.85. The number of ether oxygens (including phenoxy) is 1. The number of hydrogen-bond donors (Lipinski definition) is 1. The number of piperidine rings is 2. The van der Waals surface area contributed by atoms with Crippen LogP contribution in [0.3, 0.4) is 0 Å². The van der Waals surface area contributed by atoms with Gasteiger partial charge in [0.05, 0.1) is 10.0 Å². The van der Waals surface area contributed by atoms with Crippen molar-refractivity contribution >= 4 is 50.9 Å². The number of sulfonamides is 1. The van der Waals surface area contributed by atoms with Crippen molar-refractivity contribution in [3.05, 3.63) is 57.3 Å². The first-order valence-corrected chi connectivity index (χ1v) is 13.9. The van der Waals surface area contributed by atoms with E-state index in [9.17, 15) is 17.6 Å². The number of nitrogens with zero attached hydrogens (tertiary/aromatic N) is 2. The smallest absolute Gasteiger partial charge is 0.331 e. The Kier molecular flexibility index (Phi) is 8.33. The van der Waals surface area contributed by atoms with Gasteiger partial charge in [0.15, 0.2) is 5.82 Å². The lowest BCUT2D eigenvalue weighted by Gasteiger charge is -2.41. The summed E-state index contributed by atoms with van der Waals surface area (Å²) in [5.41, 5.74) is 0. The van der Waals surface area contributed by atoms with Gasteiger partial charge in [0.2, 0.25) is 0 Å². The van der Waals surface area contributed by atoms with Crippen molar-refractivity contribution in [2.75, 3.05) is 26.2 Å². The average Bonchev–Trinajstić information content (AvgIpc) is 2.85. The molecule has 0 unspecified atom stereocenters. The molecular formula is C23H25Cl3FN3O4S. The largest absolute Gasteiger partial charge is 0.489 e. The molecule has 7 nitrogen and oxygen atoms in total. The van der Waals surface area contributed by atoms with Gasteiger partial charge in [0.25, 0.3) is 10.0 Å². The van der Waals surface area contributed by atoms with Crippen LogP contribution in [0.1, 0.15) is 25.7 Å². The lowest BCUT2D eigenvalue weighted by Crippen LogP contribution is -2.52. The fourth-order valence-corrected chi connectivity index (χ4v) is 6.38. The number of urea groups is 1. The zero-order chi connectivity index (χ0) is 25.2. The monoisotopic (exact) mass is 563 g/mol. The van der Waals surface area contributed by atoms with Crippen LogP contribution in [0.2, 0.25) is 15.1 Å². The molecule has 2 aromatic carbocycles. The van der Waals surface area contributed by atoms with Gasteiger partial charge in [0.1, 0.15) is 21.8 Å². The molecule has 12 heteroatoms. The molecule has 2 aliphatic rings. The maximum atomic E-state index is 13.9. The summed E-state index contributed by atoms with van der Waals surface area (Å²) in [6.45, 7) is 2.50. The first-order valence-electron chi connectivity index (χ1n) is 11.3. The SMILES string of the molecule is O=C(NS(=O)(=O)c1ccccc1Cl)N1CCC(N2CCC(Oc3ccc(Cl)c(F)c3Cl)CC2)CC1. The Hall–Kier alpha value is -1.78. The summed E-state index contributed by atoms with van der Waals surface area (Å²) in [5, 5.41) is -0.0943. The second-order valence-corrected chi connectivity index (χ2v) is 11.4. The number of nitrogens with one attached hydrogen (secondary N) is 1. The minimum Gasteiger partial charge on any atom is -0.489 e. The quantitative estimate of drug-likeness (QED) is 0.506. The number of hydrogen-bond acceptors (Lipinski definition) is 5. The van der Waals surface area contributed by atoms with Crippen LogP contribution in [0.4, 0.5) is 9.18 Å². The Bertz CT molecular complexity index is 1180. The lowest BCUT2D eigenvalue weighted by atomic mass is 9.99.